The van der Waals surface area contributed by atoms with Gasteiger partial charge in [-0.15, -0.1) is 0 Å². The van der Waals surface area contributed by atoms with E-state index in [1.807, 2.05) is 6.92 Å². The van der Waals surface area contributed by atoms with Crippen molar-refractivity contribution in [2.45, 2.75) is 30.7 Å². The van der Waals surface area contributed by atoms with Crippen molar-refractivity contribution in [3.05, 3.63) is 28.8 Å². The second kappa shape index (κ2) is 5.57. The van der Waals surface area contributed by atoms with E-state index in [-0.39, 0.29) is 16.0 Å². The first-order valence-electron chi connectivity index (χ1n) is 5.98. The monoisotopic (exact) mass is 288 g/mol. The molecule has 0 bridgehead atoms. The summed E-state index contributed by atoms with van der Waals surface area (Å²) >= 11 is 6.00. The number of hydrogen-bond donors (Lipinski definition) is 2. The lowest BCUT2D eigenvalue weighted by Gasteiger charge is -2.23. The van der Waals surface area contributed by atoms with Gasteiger partial charge >= 0.3 is 0 Å². The van der Waals surface area contributed by atoms with Gasteiger partial charge in [0.15, 0.2) is 0 Å². The summed E-state index contributed by atoms with van der Waals surface area (Å²) in [6.45, 7) is 3.49. The van der Waals surface area contributed by atoms with Crippen LogP contribution in [0.2, 0.25) is 5.02 Å². The van der Waals surface area contributed by atoms with E-state index in [0.717, 1.165) is 24.9 Å². The fraction of sp³-hybridized carbons (Fsp3) is 0.500. The summed E-state index contributed by atoms with van der Waals surface area (Å²) in [6.07, 6.45) is 1.84. The van der Waals surface area contributed by atoms with Gasteiger partial charge in [-0.2, -0.15) is 0 Å². The molecule has 2 rings (SSSR count). The molecule has 1 heterocycles. The fourth-order valence-electron chi connectivity index (χ4n) is 2.06. The molecule has 100 valence electrons. The van der Waals surface area contributed by atoms with Crippen LogP contribution in [0.5, 0.6) is 0 Å². The lowest BCUT2D eigenvalue weighted by atomic mass is 10.1. The number of rotatable bonds is 3. The Morgan fingerprint density at radius 2 is 2.22 bits per heavy atom. The molecule has 6 heteroatoms. The van der Waals surface area contributed by atoms with Crippen molar-refractivity contribution in [2.24, 2.45) is 0 Å². The molecular formula is C12H17ClN2O2S. The van der Waals surface area contributed by atoms with Crippen LogP contribution in [0.25, 0.3) is 0 Å². The van der Waals surface area contributed by atoms with Gasteiger partial charge in [-0.1, -0.05) is 17.7 Å². The molecule has 1 atom stereocenters. The van der Waals surface area contributed by atoms with E-state index >= 15 is 0 Å². The molecule has 1 fully saturated rings. The van der Waals surface area contributed by atoms with Crippen LogP contribution in [-0.4, -0.2) is 27.5 Å². The van der Waals surface area contributed by atoms with Crippen LogP contribution in [0, 0.1) is 6.92 Å². The number of aryl methyl sites for hydroxylation is 1. The average molecular weight is 289 g/mol. The molecule has 1 aliphatic heterocycles. The molecule has 0 aliphatic carbocycles. The summed E-state index contributed by atoms with van der Waals surface area (Å²) in [5.74, 6) is 0. The second-order valence-electron chi connectivity index (χ2n) is 4.60. The lowest BCUT2D eigenvalue weighted by Crippen LogP contribution is -2.45. The van der Waals surface area contributed by atoms with E-state index in [0.29, 0.717) is 6.54 Å². The van der Waals surface area contributed by atoms with E-state index in [2.05, 4.69) is 10.0 Å². The Hall–Kier alpha value is -0.620. The van der Waals surface area contributed by atoms with E-state index in [4.69, 9.17) is 11.6 Å². The molecule has 0 amide bonds. The number of hydrogen-bond acceptors (Lipinski definition) is 3. The van der Waals surface area contributed by atoms with Crippen molar-refractivity contribution in [1.29, 1.82) is 0 Å². The molecule has 0 aromatic heterocycles. The fourth-order valence-corrected chi connectivity index (χ4v) is 3.93. The summed E-state index contributed by atoms with van der Waals surface area (Å²) < 4.78 is 27.1. The highest BCUT2D eigenvalue weighted by Crippen LogP contribution is 2.22. The number of piperidine rings is 1. The molecular weight excluding hydrogens is 272 g/mol. The summed E-state index contributed by atoms with van der Waals surface area (Å²) in [4.78, 5) is 0.153. The zero-order valence-corrected chi connectivity index (χ0v) is 11.8. The first-order chi connectivity index (χ1) is 8.49. The predicted octanol–water partition coefficient (Wildman–Crippen LogP) is 1.68. The molecule has 1 aliphatic rings. The first-order valence-corrected chi connectivity index (χ1v) is 7.84. The zero-order valence-electron chi connectivity index (χ0n) is 10.2. The highest BCUT2D eigenvalue weighted by atomic mass is 35.5. The predicted molar refractivity (Wildman–Crippen MR) is 72.4 cm³/mol. The third-order valence-corrected chi connectivity index (χ3v) is 5.00. The summed E-state index contributed by atoms with van der Waals surface area (Å²) in [7, 11) is -3.53. The van der Waals surface area contributed by atoms with Gasteiger partial charge < -0.3 is 5.32 Å². The largest absolute Gasteiger partial charge is 0.315 e. The van der Waals surface area contributed by atoms with Crippen molar-refractivity contribution >= 4 is 21.6 Å². The number of sulfonamides is 1. The van der Waals surface area contributed by atoms with Gasteiger partial charge in [-0.05, 0) is 44.0 Å². The summed E-state index contributed by atoms with van der Waals surface area (Å²) in [6, 6.07) is 4.91. The molecule has 0 saturated carbocycles. The van der Waals surface area contributed by atoms with Crippen LogP contribution >= 0.6 is 11.6 Å². The minimum absolute atomic E-state index is 0.0545. The molecule has 1 aromatic carbocycles. The van der Waals surface area contributed by atoms with Gasteiger partial charge in [0.1, 0.15) is 4.90 Å². The highest BCUT2D eigenvalue weighted by molar-refractivity contribution is 7.89. The van der Waals surface area contributed by atoms with Gasteiger partial charge in [-0.3, -0.25) is 0 Å². The van der Waals surface area contributed by atoms with Crippen molar-refractivity contribution in [3.63, 3.8) is 0 Å². The van der Waals surface area contributed by atoms with E-state index in [1.54, 1.807) is 18.2 Å². The quantitative estimate of drug-likeness (QED) is 0.890. The number of benzene rings is 1. The molecule has 0 spiro atoms. The van der Waals surface area contributed by atoms with Crippen LogP contribution in [0.15, 0.2) is 23.1 Å². The van der Waals surface area contributed by atoms with Crippen LogP contribution in [0.4, 0.5) is 0 Å². The summed E-state index contributed by atoms with van der Waals surface area (Å²) in [5.41, 5.74) is 0.943. The lowest BCUT2D eigenvalue weighted by molar-refractivity contribution is 0.428. The van der Waals surface area contributed by atoms with Crippen molar-refractivity contribution in [1.82, 2.24) is 10.0 Å². The normalized spacial score (nSPS) is 20.9. The van der Waals surface area contributed by atoms with Crippen LogP contribution in [0.3, 0.4) is 0 Å². The van der Waals surface area contributed by atoms with Gasteiger partial charge in [0, 0.05) is 12.6 Å². The minimum Gasteiger partial charge on any atom is -0.315 e. The Bertz CT molecular complexity index is 525. The number of halogens is 1. The zero-order chi connectivity index (χ0) is 13.2. The minimum atomic E-state index is -3.53. The molecule has 4 nitrogen and oxygen atoms in total. The molecule has 0 radical (unpaired) electrons. The smallest absolute Gasteiger partial charge is 0.242 e. The van der Waals surface area contributed by atoms with Crippen molar-refractivity contribution < 1.29 is 8.42 Å². The standard InChI is InChI=1S/C12H17ClN2O2S/c1-9-4-5-12(11(13)7-9)18(16,17)15-10-3-2-6-14-8-10/h4-5,7,10,14-15H,2-3,6,8H2,1H3/t10-/m0/s1. The second-order valence-corrected chi connectivity index (χ2v) is 6.69. The maximum atomic E-state index is 12.2. The molecule has 1 aromatic rings. The van der Waals surface area contributed by atoms with Gasteiger partial charge in [0.05, 0.1) is 5.02 Å². The van der Waals surface area contributed by atoms with Crippen LogP contribution in [0.1, 0.15) is 18.4 Å². The van der Waals surface area contributed by atoms with Gasteiger partial charge in [0.25, 0.3) is 0 Å². The maximum Gasteiger partial charge on any atom is 0.242 e. The maximum absolute atomic E-state index is 12.2. The average Bonchev–Trinajstić information content (AvgIpc) is 2.29. The van der Waals surface area contributed by atoms with E-state index in [1.165, 1.54) is 0 Å². The van der Waals surface area contributed by atoms with E-state index in [9.17, 15) is 8.42 Å². The Labute approximate surface area is 113 Å². The SMILES string of the molecule is Cc1ccc(S(=O)(=O)N[C@H]2CCCNC2)c(Cl)c1. The Morgan fingerprint density at radius 1 is 1.44 bits per heavy atom. The van der Waals surface area contributed by atoms with Crippen LogP contribution in [-0.2, 0) is 10.0 Å². The van der Waals surface area contributed by atoms with Crippen LogP contribution < -0.4 is 10.0 Å². The third kappa shape index (κ3) is 3.23. The Balaban J connectivity index is 2.19. The summed E-state index contributed by atoms with van der Waals surface area (Å²) in [5, 5.41) is 3.44. The number of nitrogens with one attached hydrogen (secondary N) is 2. The third-order valence-electron chi connectivity index (χ3n) is 3.00. The molecule has 2 N–H and O–H groups in total. The molecule has 0 unspecified atom stereocenters. The van der Waals surface area contributed by atoms with E-state index < -0.39 is 10.0 Å². The Morgan fingerprint density at radius 3 is 2.83 bits per heavy atom. The highest BCUT2D eigenvalue weighted by Gasteiger charge is 2.23. The van der Waals surface area contributed by atoms with Crippen molar-refractivity contribution in [2.75, 3.05) is 13.1 Å². The topological polar surface area (TPSA) is 58.2 Å². The van der Waals surface area contributed by atoms with Gasteiger partial charge in [0.2, 0.25) is 10.0 Å². The molecule has 18 heavy (non-hydrogen) atoms. The first kappa shape index (κ1) is 13.8. The molecule has 1 saturated heterocycles. The Kier molecular flexibility index (Phi) is 4.27. The van der Waals surface area contributed by atoms with Crippen molar-refractivity contribution in [3.8, 4) is 0 Å². The van der Waals surface area contributed by atoms with Gasteiger partial charge in [-0.25, -0.2) is 13.1 Å².